The highest BCUT2D eigenvalue weighted by Gasteiger charge is 2.37. The van der Waals surface area contributed by atoms with Crippen molar-refractivity contribution in [3.63, 3.8) is 0 Å². The summed E-state index contributed by atoms with van der Waals surface area (Å²) in [4.78, 5) is 33.1. The molecule has 2 N–H and O–H groups in total. The van der Waals surface area contributed by atoms with Crippen LogP contribution < -0.4 is 5.32 Å². The lowest BCUT2D eigenvalue weighted by Gasteiger charge is -2.36. The number of carbonyl (C=O) groups is 2. The van der Waals surface area contributed by atoms with Gasteiger partial charge in [-0.05, 0) is 32.8 Å². The van der Waals surface area contributed by atoms with Gasteiger partial charge in [0.05, 0.1) is 17.7 Å². The fraction of sp³-hybridized carbons (Fsp3) is 0.571. The van der Waals surface area contributed by atoms with Gasteiger partial charge >= 0.3 is 12.0 Å². The van der Waals surface area contributed by atoms with Gasteiger partial charge in [0.15, 0.2) is 0 Å². The minimum atomic E-state index is -0.793. The van der Waals surface area contributed by atoms with Crippen LogP contribution in [-0.4, -0.2) is 45.1 Å². The second kappa shape index (κ2) is 6.07. The lowest BCUT2D eigenvalue weighted by molar-refractivity contribution is -0.150. The molecule has 0 aromatic carbocycles. The van der Waals surface area contributed by atoms with Gasteiger partial charge in [0, 0.05) is 19.3 Å². The number of rotatable bonds is 3. The largest absolute Gasteiger partial charge is 0.481 e. The first-order chi connectivity index (χ1) is 9.90. The molecule has 21 heavy (non-hydrogen) atoms. The van der Waals surface area contributed by atoms with Crippen LogP contribution in [0.4, 0.5) is 4.79 Å². The predicted molar refractivity (Wildman–Crippen MR) is 75.6 cm³/mol. The molecule has 1 fully saturated rings. The van der Waals surface area contributed by atoms with E-state index in [1.165, 1.54) is 0 Å². The average molecular weight is 292 g/mol. The number of aromatic nitrogens is 2. The molecule has 1 aromatic heterocycles. The first kappa shape index (κ1) is 15.2. The Balaban J connectivity index is 1.84. The van der Waals surface area contributed by atoms with Crippen LogP contribution in [0.3, 0.4) is 0 Å². The first-order valence-corrected chi connectivity index (χ1v) is 6.95. The topological polar surface area (TPSA) is 95.4 Å². The summed E-state index contributed by atoms with van der Waals surface area (Å²) in [6, 6.07) is 1.57. The van der Waals surface area contributed by atoms with E-state index < -0.39 is 11.4 Å². The Bertz CT molecular complexity index is 539. The zero-order chi connectivity index (χ0) is 15.5. The maximum atomic E-state index is 12.1. The number of hydrogen-bond acceptors (Lipinski definition) is 4. The molecule has 0 atom stereocenters. The maximum Gasteiger partial charge on any atom is 0.317 e. The molecular formula is C14H20N4O3. The Labute approximate surface area is 123 Å². The Kier molecular flexibility index (Phi) is 4.40. The van der Waals surface area contributed by atoms with Crippen LogP contribution in [-0.2, 0) is 11.3 Å². The zero-order valence-corrected chi connectivity index (χ0v) is 12.3. The molecule has 0 spiro atoms. The highest BCUT2D eigenvalue weighted by molar-refractivity contribution is 5.76. The summed E-state index contributed by atoms with van der Waals surface area (Å²) in [6.45, 7) is 4.78. The van der Waals surface area contributed by atoms with Gasteiger partial charge in [0.25, 0.3) is 0 Å². The summed E-state index contributed by atoms with van der Waals surface area (Å²) < 4.78 is 0. The SMILES string of the molecule is Cc1nccc(CNC(=O)N2CCC(C)(C(=O)O)CC2)n1. The normalized spacial score (nSPS) is 17.3. The Hall–Kier alpha value is -2.18. The molecule has 114 valence electrons. The van der Waals surface area contributed by atoms with Crippen molar-refractivity contribution in [2.75, 3.05) is 13.1 Å². The van der Waals surface area contributed by atoms with E-state index in [1.807, 2.05) is 0 Å². The van der Waals surface area contributed by atoms with Crippen molar-refractivity contribution >= 4 is 12.0 Å². The van der Waals surface area contributed by atoms with E-state index in [0.29, 0.717) is 38.3 Å². The molecule has 7 heteroatoms. The van der Waals surface area contributed by atoms with Gasteiger partial charge < -0.3 is 15.3 Å². The standard InChI is InChI=1S/C14H20N4O3/c1-10-15-6-3-11(17-10)9-16-13(21)18-7-4-14(2,5-8-18)12(19)20/h3,6H,4-5,7-9H2,1-2H3,(H,16,21)(H,19,20). The number of aryl methyl sites for hydroxylation is 1. The molecule has 0 bridgehead atoms. The van der Waals surface area contributed by atoms with Gasteiger partial charge in [0.2, 0.25) is 0 Å². The highest BCUT2D eigenvalue weighted by atomic mass is 16.4. The Morgan fingerprint density at radius 1 is 1.43 bits per heavy atom. The van der Waals surface area contributed by atoms with Gasteiger partial charge in [-0.2, -0.15) is 0 Å². The van der Waals surface area contributed by atoms with Gasteiger partial charge in [-0.15, -0.1) is 0 Å². The van der Waals surface area contributed by atoms with Crippen LogP contribution in [0.5, 0.6) is 0 Å². The molecular weight excluding hydrogens is 272 g/mol. The quantitative estimate of drug-likeness (QED) is 0.872. The number of likely N-dealkylation sites (tertiary alicyclic amines) is 1. The third-order valence-corrected chi connectivity index (χ3v) is 3.92. The number of nitrogens with one attached hydrogen (secondary N) is 1. The second-order valence-electron chi connectivity index (χ2n) is 5.61. The van der Waals surface area contributed by atoms with Crippen molar-refractivity contribution in [1.29, 1.82) is 0 Å². The van der Waals surface area contributed by atoms with Crippen LogP contribution in [0, 0.1) is 12.3 Å². The van der Waals surface area contributed by atoms with Gasteiger partial charge in [0.1, 0.15) is 5.82 Å². The van der Waals surface area contributed by atoms with E-state index in [-0.39, 0.29) is 6.03 Å². The number of hydrogen-bond donors (Lipinski definition) is 2. The molecule has 0 aliphatic carbocycles. The molecule has 1 saturated heterocycles. The van der Waals surface area contributed by atoms with Crippen molar-refractivity contribution in [2.45, 2.75) is 33.2 Å². The molecule has 1 aliphatic rings. The van der Waals surface area contributed by atoms with Gasteiger partial charge in [-0.1, -0.05) is 0 Å². The average Bonchev–Trinajstić information content (AvgIpc) is 2.45. The Morgan fingerprint density at radius 3 is 2.67 bits per heavy atom. The van der Waals surface area contributed by atoms with E-state index in [9.17, 15) is 9.59 Å². The predicted octanol–water partition coefficient (Wildman–Crippen LogP) is 1.18. The number of nitrogens with zero attached hydrogens (tertiary/aromatic N) is 3. The smallest absolute Gasteiger partial charge is 0.317 e. The van der Waals surface area contributed by atoms with Crippen LogP contribution in [0.1, 0.15) is 31.3 Å². The summed E-state index contributed by atoms with van der Waals surface area (Å²) in [6.07, 6.45) is 2.60. The van der Waals surface area contributed by atoms with Crippen LogP contribution in [0.25, 0.3) is 0 Å². The summed E-state index contributed by atoms with van der Waals surface area (Å²) in [7, 11) is 0. The van der Waals surface area contributed by atoms with Crippen LogP contribution in [0.2, 0.25) is 0 Å². The number of amides is 2. The minimum absolute atomic E-state index is 0.182. The number of piperidine rings is 1. The summed E-state index contributed by atoms with van der Waals surface area (Å²) in [5.74, 6) is -0.129. The zero-order valence-electron chi connectivity index (χ0n) is 12.3. The Morgan fingerprint density at radius 2 is 2.10 bits per heavy atom. The van der Waals surface area contributed by atoms with E-state index in [1.54, 1.807) is 31.0 Å². The molecule has 1 aromatic rings. The van der Waals surface area contributed by atoms with Crippen molar-refractivity contribution in [3.8, 4) is 0 Å². The lowest BCUT2D eigenvalue weighted by atomic mass is 9.80. The van der Waals surface area contributed by atoms with Crippen molar-refractivity contribution < 1.29 is 14.7 Å². The molecule has 0 unspecified atom stereocenters. The first-order valence-electron chi connectivity index (χ1n) is 6.95. The van der Waals surface area contributed by atoms with E-state index in [2.05, 4.69) is 15.3 Å². The third-order valence-electron chi connectivity index (χ3n) is 3.92. The maximum absolute atomic E-state index is 12.1. The number of aliphatic carboxylic acids is 1. The van der Waals surface area contributed by atoms with Crippen molar-refractivity contribution in [1.82, 2.24) is 20.2 Å². The molecule has 0 radical (unpaired) electrons. The van der Waals surface area contributed by atoms with E-state index in [4.69, 9.17) is 5.11 Å². The summed E-state index contributed by atoms with van der Waals surface area (Å²) in [5.41, 5.74) is 0.0313. The summed E-state index contributed by atoms with van der Waals surface area (Å²) >= 11 is 0. The van der Waals surface area contributed by atoms with Crippen LogP contribution >= 0.6 is 0 Å². The molecule has 2 rings (SSSR count). The number of carboxylic acids is 1. The van der Waals surface area contributed by atoms with Gasteiger partial charge in [-0.3, -0.25) is 4.79 Å². The fourth-order valence-corrected chi connectivity index (χ4v) is 2.30. The molecule has 2 amide bonds. The number of carbonyl (C=O) groups excluding carboxylic acids is 1. The van der Waals surface area contributed by atoms with Gasteiger partial charge in [-0.25, -0.2) is 14.8 Å². The van der Waals surface area contributed by atoms with Crippen molar-refractivity contribution in [2.24, 2.45) is 5.41 Å². The van der Waals surface area contributed by atoms with E-state index in [0.717, 1.165) is 5.69 Å². The summed E-state index contributed by atoms with van der Waals surface area (Å²) in [5, 5.41) is 12.0. The monoisotopic (exact) mass is 292 g/mol. The molecule has 0 saturated carbocycles. The van der Waals surface area contributed by atoms with E-state index >= 15 is 0 Å². The number of urea groups is 1. The fourth-order valence-electron chi connectivity index (χ4n) is 2.30. The molecule has 1 aliphatic heterocycles. The molecule has 7 nitrogen and oxygen atoms in total. The van der Waals surface area contributed by atoms with Crippen molar-refractivity contribution in [3.05, 3.63) is 23.8 Å². The highest BCUT2D eigenvalue weighted by Crippen LogP contribution is 2.30. The lowest BCUT2D eigenvalue weighted by Crippen LogP contribution is -2.48. The second-order valence-corrected chi connectivity index (χ2v) is 5.61. The molecule has 2 heterocycles. The third kappa shape index (κ3) is 3.68. The van der Waals surface area contributed by atoms with Crippen LogP contribution in [0.15, 0.2) is 12.3 Å². The number of carboxylic acid groups (broad SMARTS) is 1. The minimum Gasteiger partial charge on any atom is -0.481 e.